The van der Waals surface area contributed by atoms with Gasteiger partial charge in [-0.15, -0.1) is 0 Å². The van der Waals surface area contributed by atoms with Crippen LogP contribution in [0.5, 0.6) is 0 Å². The minimum atomic E-state index is -1.50. The number of aliphatic hydroxyl groups is 1. The summed E-state index contributed by atoms with van der Waals surface area (Å²) in [6.45, 7) is 8.61. The largest absolute Gasteiger partial charge is 0.494 e. The predicted molar refractivity (Wildman–Crippen MR) is 105 cm³/mol. The van der Waals surface area contributed by atoms with E-state index in [2.05, 4.69) is 5.10 Å². The van der Waals surface area contributed by atoms with Crippen molar-refractivity contribution >= 4 is 18.5 Å². The molecule has 0 spiro atoms. The van der Waals surface area contributed by atoms with Gasteiger partial charge in [0.05, 0.1) is 23.1 Å². The Labute approximate surface area is 165 Å². The third-order valence-corrected chi connectivity index (χ3v) is 6.23. The summed E-state index contributed by atoms with van der Waals surface area (Å²) in [5, 5.41) is 15.2. The van der Waals surface area contributed by atoms with E-state index < -0.39 is 23.9 Å². The van der Waals surface area contributed by atoms with Crippen molar-refractivity contribution in [1.82, 2.24) is 14.7 Å². The van der Waals surface area contributed by atoms with E-state index in [1.165, 1.54) is 4.90 Å². The normalized spacial score (nSPS) is 26.3. The molecule has 0 aliphatic carbocycles. The van der Waals surface area contributed by atoms with Crippen LogP contribution in [0.3, 0.4) is 0 Å². The van der Waals surface area contributed by atoms with E-state index in [0.717, 1.165) is 11.2 Å². The minimum absolute atomic E-state index is 0.294. The lowest BCUT2D eigenvalue weighted by molar-refractivity contribution is -0.143. The van der Waals surface area contributed by atoms with Crippen molar-refractivity contribution in [2.24, 2.45) is 0 Å². The lowest BCUT2D eigenvalue weighted by Crippen LogP contribution is -2.41. The van der Waals surface area contributed by atoms with E-state index in [-0.39, 0.29) is 5.91 Å². The van der Waals surface area contributed by atoms with Gasteiger partial charge in [-0.25, -0.2) is 4.68 Å². The zero-order chi connectivity index (χ0) is 20.3. The molecule has 1 amide bonds. The highest BCUT2D eigenvalue weighted by molar-refractivity contribution is 6.62. The molecular formula is C20H26BN3O4. The first-order valence-electron chi connectivity index (χ1n) is 9.53. The van der Waals surface area contributed by atoms with E-state index in [0.29, 0.717) is 18.5 Å². The Morgan fingerprint density at radius 3 is 2.46 bits per heavy atom. The van der Waals surface area contributed by atoms with Crippen LogP contribution in [0.4, 0.5) is 0 Å². The van der Waals surface area contributed by atoms with Crippen molar-refractivity contribution in [3.8, 4) is 5.69 Å². The maximum atomic E-state index is 12.3. The van der Waals surface area contributed by atoms with Gasteiger partial charge < -0.3 is 19.3 Å². The monoisotopic (exact) mass is 383 g/mol. The third kappa shape index (κ3) is 2.87. The average molecular weight is 383 g/mol. The number of hydrogen-bond acceptors (Lipinski definition) is 5. The van der Waals surface area contributed by atoms with Crippen LogP contribution in [0.25, 0.3) is 5.69 Å². The van der Waals surface area contributed by atoms with Crippen molar-refractivity contribution < 1.29 is 19.2 Å². The highest BCUT2D eigenvalue weighted by Gasteiger charge is 2.51. The summed E-state index contributed by atoms with van der Waals surface area (Å²) in [6.07, 6.45) is 3.63. The summed E-state index contributed by atoms with van der Waals surface area (Å²) in [5.41, 5.74) is -0.126. The highest BCUT2D eigenvalue weighted by atomic mass is 16.7. The SMILES string of the molecule is CN1CC[C@](O)(c2cnn(-c3cccc(B4OC(C)(C)C(C)(C)O4)c3)c2)C1=O. The molecule has 0 radical (unpaired) electrons. The molecule has 1 atom stereocenters. The molecule has 2 saturated heterocycles. The van der Waals surface area contributed by atoms with E-state index in [1.54, 1.807) is 24.1 Å². The molecule has 7 nitrogen and oxygen atoms in total. The molecule has 148 valence electrons. The Hall–Kier alpha value is -2.16. The summed E-state index contributed by atoms with van der Waals surface area (Å²) >= 11 is 0. The minimum Gasteiger partial charge on any atom is -0.399 e. The zero-order valence-electron chi connectivity index (χ0n) is 17.0. The molecule has 0 unspecified atom stereocenters. The molecule has 1 aromatic carbocycles. The van der Waals surface area contributed by atoms with Gasteiger partial charge in [-0.05, 0) is 45.3 Å². The maximum absolute atomic E-state index is 12.3. The van der Waals surface area contributed by atoms with Crippen LogP contribution in [-0.2, 0) is 19.7 Å². The lowest BCUT2D eigenvalue weighted by atomic mass is 9.79. The number of likely N-dealkylation sites (N-methyl/N-ethyl adjacent to an activating group) is 1. The molecule has 4 rings (SSSR count). The number of amides is 1. The highest BCUT2D eigenvalue weighted by Crippen LogP contribution is 2.36. The van der Waals surface area contributed by atoms with E-state index >= 15 is 0 Å². The second-order valence-electron chi connectivity index (χ2n) is 8.69. The average Bonchev–Trinajstić information content (AvgIpc) is 3.29. The number of rotatable bonds is 3. The van der Waals surface area contributed by atoms with Crippen LogP contribution in [0.2, 0.25) is 0 Å². The zero-order valence-corrected chi connectivity index (χ0v) is 17.0. The Bertz CT molecular complexity index is 910. The molecule has 2 fully saturated rings. The number of likely N-dealkylation sites (tertiary alicyclic amines) is 1. The van der Waals surface area contributed by atoms with Gasteiger partial charge in [0.1, 0.15) is 0 Å². The number of benzene rings is 1. The van der Waals surface area contributed by atoms with Gasteiger partial charge >= 0.3 is 7.12 Å². The molecule has 1 N–H and O–H groups in total. The van der Waals surface area contributed by atoms with Crippen molar-refractivity contribution in [1.29, 1.82) is 0 Å². The topological polar surface area (TPSA) is 76.8 Å². The predicted octanol–water partition coefficient (Wildman–Crippen LogP) is 1.22. The second-order valence-corrected chi connectivity index (χ2v) is 8.69. The van der Waals surface area contributed by atoms with E-state index in [9.17, 15) is 9.90 Å². The van der Waals surface area contributed by atoms with Crippen LogP contribution in [0, 0.1) is 0 Å². The summed E-state index contributed by atoms with van der Waals surface area (Å²) in [5.74, 6) is -0.294. The fourth-order valence-corrected chi connectivity index (χ4v) is 3.59. The molecule has 28 heavy (non-hydrogen) atoms. The summed E-state index contributed by atoms with van der Waals surface area (Å²) in [4.78, 5) is 13.9. The molecule has 2 aromatic rings. The van der Waals surface area contributed by atoms with Gasteiger partial charge in [0.15, 0.2) is 5.60 Å². The molecule has 1 aromatic heterocycles. The van der Waals surface area contributed by atoms with Crippen LogP contribution in [0.15, 0.2) is 36.7 Å². The Morgan fingerprint density at radius 1 is 1.18 bits per heavy atom. The number of carbonyl (C=O) groups is 1. The number of carbonyl (C=O) groups excluding carboxylic acids is 1. The molecule has 8 heteroatoms. The molecular weight excluding hydrogens is 357 g/mol. The molecule has 2 aliphatic rings. The van der Waals surface area contributed by atoms with Crippen LogP contribution in [-0.4, -0.2) is 57.6 Å². The summed E-state index contributed by atoms with van der Waals surface area (Å²) in [7, 11) is 1.23. The first-order chi connectivity index (χ1) is 13.0. The molecule has 0 saturated carbocycles. The number of nitrogens with zero attached hydrogens (tertiary/aromatic N) is 3. The maximum Gasteiger partial charge on any atom is 0.494 e. The fraction of sp³-hybridized carbons (Fsp3) is 0.500. The molecule has 3 heterocycles. The van der Waals surface area contributed by atoms with Gasteiger partial charge in [0.2, 0.25) is 0 Å². The number of hydrogen-bond donors (Lipinski definition) is 1. The van der Waals surface area contributed by atoms with E-state index in [1.807, 2.05) is 52.0 Å². The van der Waals surface area contributed by atoms with Crippen molar-refractivity contribution in [2.75, 3.05) is 13.6 Å². The Morgan fingerprint density at radius 2 is 1.86 bits per heavy atom. The van der Waals surface area contributed by atoms with Gasteiger partial charge in [-0.2, -0.15) is 5.10 Å². The third-order valence-electron chi connectivity index (χ3n) is 6.23. The standard InChI is InChI=1S/C20H26BN3O4/c1-18(2)19(3,4)28-21(27-18)15-7-6-8-16(11-15)24-13-14(12-22-24)20(26)9-10-23(5)17(20)25/h6-8,11-13,26H,9-10H2,1-5H3/t20-/m0/s1. The second kappa shape index (κ2) is 6.17. The Balaban J connectivity index is 1.62. The molecule has 2 aliphatic heterocycles. The number of aromatic nitrogens is 2. The van der Waals surface area contributed by atoms with Crippen molar-refractivity contribution in [3.63, 3.8) is 0 Å². The molecule has 0 bridgehead atoms. The van der Waals surface area contributed by atoms with Crippen molar-refractivity contribution in [2.45, 2.75) is 50.9 Å². The summed E-state index contributed by atoms with van der Waals surface area (Å²) in [6, 6.07) is 7.74. The lowest BCUT2D eigenvalue weighted by Gasteiger charge is -2.32. The smallest absolute Gasteiger partial charge is 0.399 e. The van der Waals surface area contributed by atoms with Crippen LogP contribution < -0.4 is 5.46 Å². The van der Waals surface area contributed by atoms with Crippen LogP contribution >= 0.6 is 0 Å². The Kier molecular flexibility index (Phi) is 4.23. The van der Waals surface area contributed by atoms with Crippen molar-refractivity contribution in [3.05, 3.63) is 42.2 Å². The van der Waals surface area contributed by atoms with Gasteiger partial charge in [-0.3, -0.25) is 4.79 Å². The first kappa shape index (κ1) is 19.2. The van der Waals surface area contributed by atoms with Gasteiger partial charge in [0.25, 0.3) is 5.91 Å². The fourth-order valence-electron chi connectivity index (χ4n) is 3.59. The first-order valence-corrected chi connectivity index (χ1v) is 9.53. The van der Waals surface area contributed by atoms with Gasteiger partial charge in [0, 0.05) is 31.8 Å². The van der Waals surface area contributed by atoms with Crippen LogP contribution in [0.1, 0.15) is 39.7 Å². The quantitative estimate of drug-likeness (QED) is 0.807. The van der Waals surface area contributed by atoms with E-state index in [4.69, 9.17) is 9.31 Å². The summed E-state index contributed by atoms with van der Waals surface area (Å²) < 4.78 is 13.9. The van der Waals surface area contributed by atoms with Gasteiger partial charge in [-0.1, -0.05) is 12.1 Å².